The lowest BCUT2D eigenvalue weighted by Gasteiger charge is -2.19. The second-order valence-corrected chi connectivity index (χ2v) is 10.7. The van der Waals surface area contributed by atoms with Crippen LogP contribution in [0.2, 0.25) is 0 Å². The van der Waals surface area contributed by atoms with Crippen molar-refractivity contribution in [1.82, 2.24) is 5.32 Å². The van der Waals surface area contributed by atoms with Crippen molar-refractivity contribution in [1.29, 1.82) is 0 Å². The summed E-state index contributed by atoms with van der Waals surface area (Å²) in [6.07, 6.45) is -0.495. The predicted octanol–water partition coefficient (Wildman–Crippen LogP) is 4.33. The number of nitrogens with one attached hydrogen (secondary N) is 1. The van der Waals surface area contributed by atoms with Gasteiger partial charge < -0.3 is 10.1 Å². The number of amides is 1. The van der Waals surface area contributed by atoms with Crippen LogP contribution in [-0.2, 0) is 21.1 Å². The maximum atomic E-state index is 12.5. The Kier molecular flexibility index (Phi) is 5.53. The maximum absolute atomic E-state index is 12.5. The number of carbonyl (C=O) groups excluding carboxylic acids is 1. The number of fused-ring (bicyclic) bond motifs is 1. The number of hydrogen-bond acceptors (Lipinski definition) is 5. The van der Waals surface area contributed by atoms with E-state index in [1.807, 2.05) is 36.4 Å². The Labute approximate surface area is 164 Å². The number of hydrogen-bond donors (Lipinski definition) is 1. The van der Waals surface area contributed by atoms with Gasteiger partial charge in [-0.3, -0.25) is 0 Å². The van der Waals surface area contributed by atoms with Crippen molar-refractivity contribution in [2.45, 2.75) is 48.0 Å². The van der Waals surface area contributed by atoms with Crippen LogP contribution in [-0.4, -0.2) is 25.9 Å². The zero-order valence-electron chi connectivity index (χ0n) is 15.6. The fourth-order valence-electron chi connectivity index (χ4n) is 2.87. The Bertz CT molecular complexity index is 934. The highest BCUT2D eigenvalue weighted by molar-refractivity contribution is 8.01. The summed E-state index contributed by atoms with van der Waals surface area (Å²) in [5, 5.41) is 2.56. The molecule has 0 aliphatic carbocycles. The van der Waals surface area contributed by atoms with Crippen LogP contribution in [0.5, 0.6) is 0 Å². The quantitative estimate of drug-likeness (QED) is 0.820. The van der Waals surface area contributed by atoms with Gasteiger partial charge in [0.1, 0.15) is 5.60 Å². The number of thioether (sulfide) groups is 1. The highest BCUT2D eigenvalue weighted by Crippen LogP contribution is 2.45. The molecule has 1 N–H and O–H groups in total. The van der Waals surface area contributed by atoms with Gasteiger partial charge in [0, 0.05) is 11.4 Å². The van der Waals surface area contributed by atoms with Crippen molar-refractivity contribution in [3.63, 3.8) is 0 Å². The van der Waals surface area contributed by atoms with E-state index in [1.54, 1.807) is 44.7 Å². The SMILES string of the molecule is CC(C)(C)OC(=O)NCc1ccc2c(c1)C(Sc1ccccc1)CS2(=O)=O. The molecule has 2 aromatic carbocycles. The minimum atomic E-state index is -3.28. The van der Waals surface area contributed by atoms with Crippen LogP contribution in [0.15, 0.2) is 58.3 Å². The van der Waals surface area contributed by atoms with Gasteiger partial charge in [-0.05, 0) is 50.1 Å². The van der Waals surface area contributed by atoms with Gasteiger partial charge >= 0.3 is 6.09 Å². The molecule has 0 saturated carbocycles. The van der Waals surface area contributed by atoms with Crippen LogP contribution < -0.4 is 5.32 Å². The fourth-order valence-corrected chi connectivity index (χ4v) is 6.31. The predicted molar refractivity (Wildman–Crippen MR) is 107 cm³/mol. The minimum absolute atomic E-state index is 0.0881. The largest absolute Gasteiger partial charge is 0.444 e. The van der Waals surface area contributed by atoms with Crippen molar-refractivity contribution >= 4 is 27.7 Å². The smallest absolute Gasteiger partial charge is 0.407 e. The van der Waals surface area contributed by atoms with Crippen molar-refractivity contribution in [2.75, 3.05) is 5.75 Å². The molecule has 1 heterocycles. The zero-order chi connectivity index (χ0) is 19.7. The van der Waals surface area contributed by atoms with Crippen molar-refractivity contribution in [3.05, 3.63) is 59.7 Å². The summed E-state index contributed by atoms with van der Waals surface area (Å²) >= 11 is 1.55. The Morgan fingerprint density at radius 2 is 1.89 bits per heavy atom. The molecule has 1 aliphatic rings. The van der Waals surface area contributed by atoms with E-state index >= 15 is 0 Å². The van der Waals surface area contributed by atoms with Crippen LogP contribution in [0.4, 0.5) is 4.79 Å². The van der Waals surface area contributed by atoms with E-state index < -0.39 is 21.5 Å². The average Bonchev–Trinajstić information content (AvgIpc) is 2.82. The Hall–Kier alpha value is -1.99. The van der Waals surface area contributed by atoms with Gasteiger partial charge in [-0.15, -0.1) is 11.8 Å². The van der Waals surface area contributed by atoms with Gasteiger partial charge in [-0.1, -0.05) is 30.3 Å². The topological polar surface area (TPSA) is 72.5 Å². The molecule has 0 radical (unpaired) electrons. The summed E-state index contributed by atoms with van der Waals surface area (Å²) in [6, 6.07) is 15.0. The molecule has 3 rings (SSSR count). The number of benzene rings is 2. The monoisotopic (exact) mass is 405 g/mol. The van der Waals surface area contributed by atoms with E-state index in [9.17, 15) is 13.2 Å². The molecule has 144 valence electrons. The summed E-state index contributed by atoms with van der Waals surface area (Å²) in [5.74, 6) is 0.0881. The van der Waals surface area contributed by atoms with E-state index in [2.05, 4.69) is 5.32 Å². The first-order chi connectivity index (χ1) is 12.6. The zero-order valence-corrected chi connectivity index (χ0v) is 17.2. The third kappa shape index (κ3) is 5.05. The molecule has 0 fully saturated rings. The molecule has 0 bridgehead atoms. The number of alkyl carbamates (subject to hydrolysis) is 1. The van der Waals surface area contributed by atoms with Gasteiger partial charge in [-0.25, -0.2) is 13.2 Å². The maximum Gasteiger partial charge on any atom is 0.407 e. The van der Waals surface area contributed by atoms with E-state index in [0.717, 1.165) is 16.0 Å². The first-order valence-corrected chi connectivity index (χ1v) is 11.2. The average molecular weight is 406 g/mol. The number of ether oxygens (including phenoxy) is 1. The van der Waals surface area contributed by atoms with Gasteiger partial charge in [-0.2, -0.15) is 0 Å². The second-order valence-electron chi connectivity index (χ2n) is 7.43. The number of carbonyl (C=O) groups is 1. The van der Waals surface area contributed by atoms with Gasteiger partial charge in [0.15, 0.2) is 9.84 Å². The molecule has 27 heavy (non-hydrogen) atoms. The Balaban J connectivity index is 1.77. The number of rotatable bonds is 4. The second kappa shape index (κ2) is 7.56. The van der Waals surface area contributed by atoms with E-state index in [1.165, 1.54) is 0 Å². The molecule has 1 aliphatic heterocycles. The van der Waals surface area contributed by atoms with E-state index in [-0.39, 0.29) is 17.5 Å². The summed E-state index contributed by atoms with van der Waals surface area (Å²) in [6.45, 7) is 5.69. The van der Waals surface area contributed by atoms with Crippen LogP contribution in [0.1, 0.15) is 37.1 Å². The van der Waals surface area contributed by atoms with E-state index in [0.29, 0.717) is 4.90 Å². The highest BCUT2D eigenvalue weighted by atomic mass is 32.2. The standard InChI is InChI=1S/C20H23NO4S2/c1-20(2,3)25-19(22)21-12-14-9-10-18-16(11-14)17(13-27(18,23)24)26-15-7-5-4-6-8-15/h4-11,17H,12-13H2,1-3H3,(H,21,22). The molecule has 5 nitrogen and oxygen atoms in total. The summed E-state index contributed by atoms with van der Waals surface area (Å²) in [5.41, 5.74) is 1.08. The first-order valence-electron chi connectivity index (χ1n) is 8.68. The molecule has 1 amide bonds. The Morgan fingerprint density at radius 1 is 1.19 bits per heavy atom. The van der Waals surface area contributed by atoms with Gasteiger partial charge in [0.2, 0.25) is 0 Å². The molecular weight excluding hydrogens is 382 g/mol. The normalized spacial score (nSPS) is 18.0. The summed E-state index contributed by atoms with van der Waals surface area (Å²) in [4.78, 5) is 13.3. The summed E-state index contributed by atoms with van der Waals surface area (Å²) in [7, 11) is -3.28. The summed E-state index contributed by atoms with van der Waals surface area (Å²) < 4.78 is 30.2. The van der Waals surface area contributed by atoms with Crippen molar-refractivity contribution in [2.24, 2.45) is 0 Å². The third-order valence-electron chi connectivity index (χ3n) is 3.98. The number of sulfone groups is 1. The molecule has 1 unspecified atom stereocenters. The van der Waals surface area contributed by atoms with Crippen LogP contribution in [0.3, 0.4) is 0 Å². The molecule has 0 aromatic heterocycles. The molecule has 1 atom stereocenters. The lowest BCUT2D eigenvalue weighted by Crippen LogP contribution is -2.32. The van der Waals surface area contributed by atoms with Crippen LogP contribution in [0, 0.1) is 0 Å². The third-order valence-corrected chi connectivity index (χ3v) is 7.26. The van der Waals surface area contributed by atoms with Gasteiger partial charge in [0.25, 0.3) is 0 Å². The van der Waals surface area contributed by atoms with Crippen molar-refractivity contribution in [3.8, 4) is 0 Å². The first kappa shape index (κ1) is 19.8. The fraction of sp³-hybridized carbons (Fsp3) is 0.350. The van der Waals surface area contributed by atoms with Gasteiger partial charge in [0.05, 0.1) is 15.9 Å². The lowest BCUT2D eigenvalue weighted by atomic mass is 10.1. The molecule has 0 spiro atoms. The molecule has 7 heteroatoms. The molecular formula is C20H23NO4S2. The Morgan fingerprint density at radius 3 is 2.56 bits per heavy atom. The lowest BCUT2D eigenvalue weighted by molar-refractivity contribution is 0.0523. The van der Waals surface area contributed by atoms with Crippen LogP contribution >= 0.6 is 11.8 Å². The van der Waals surface area contributed by atoms with Crippen molar-refractivity contribution < 1.29 is 17.9 Å². The van der Waals surface area contributed by atoms with Crippen LogP contribution in [0.25, 0.3) is 0 Å². The molecule has 2 aromatic rings. The van der Waals surface area contributed by atoms with E-state index in [4.69, 9.17) is 4.74 Å². The molecule has 0 saturated heterocycles. The minimum Gasteiger partial charge on any atom is -0.444 e. The highest BCUT2D eigenvalue weighted by Gasteiger charge is 2.35.